The molecular formula is C26H31N7O3. The normalized spacial score (nSPS) is 17.6. The molecule has 0 aliphatic carbocycles. The fourth-order valence-corrected chi connectivity index (χ4v) is 4.72. The van der Waals surface area contributed by atoms with E-state index in [2.05, 4.69) is 21.0 Å². The molecule has 2 aliphatic heterocycles. The van der Waals surface area contributed by atoms with Gasteiger partial charge in [-0.15, -0.1) is 0 Å². The van der Waals surface area contributed by atoms with Crippen molar-refractivity contribution in [3.05, 3.63) is 42.4 Å². The van der Waals surface area contributed by atoms with Gasteiger partial charge in [0.1, 0.15) is 17.5 Å². The van der Waals surface area contributed by atoms with Gasteiger partial charge >= 0.3 is 6.09 Å². The largest absolute Gasteiger partial charge is 0.444 e. The summed E-state index contributed by atoms with van der Waals surface area (Å²) in [7, 11) is 0. The molecule has 2 fully saturated rings. The van der Waals surface area contributed by atoms with Gasteiger partial charge in [-0.3, -0.25) is 0 Å². The highest BCUT2D eigenvalue weighted by atomic mass is 16.6. The molecule has 36 heavy (non-hydrogen) atoms. The molecule has 0 bridgehead atoms. The number of hydrogen-bond donors (Lipinski definition) is 1. The summed E-state index contributed by atoms with van der Waals surface area (Å²) in [6.07, 6.45) is 4.99. The zero-order valence-electron chi connectivity index (χ0n) is 21.1. The van der Waals surface area contributed by atoms with E-state index in [1.807, 2.05) is 58.3 Å². The first-order chi connectivity index (χ1) is 17.0. The molecule has 0 radical (unpaired) electrons. The summed E-state index contributed by atoms with van der Waals surface area (Å²) in [5, 5.41) is 24.2. The number of carbonyl (C=O) groups excluding carboxylic acids is 1. The van der Waals surface area contributed by atoms with Crippen molar-refractivity contribution in [3.63, 3.8) is 0 Å². The van der Waals surface area contributed by atoms with Gasteiger partial charge in [-0.2, -0.15) is 10.4 Å². The Morgan fingerprint density at radius 3 is 2.44 bits per heavy atom. The SMILES string of the molecule is CC1(O)CN(c2cc(-c3ccc(N4CCN(C(=O)OC(C)(C)C)CC4)nc3)c3c(C#N)cnn3c2)C1. The van der Waals surface area contributed by atoms with Crippen LogP contribution in [0, 0.1) is 11.3 Å². The molecule has 1 amide bonds. The van der Waals surface area contributed by atoms with Crippen molar-refractivity contribution < 1.29 is 14.6 Å². The molecule has 0 unspecified atom stereocenters. The van der Waals surface area contributed by atoms with Crippen LogP contribution < -0.4 is 9.80 Å². The van der Waals surface area contributed by atoms with Gasteiger partial charge in [-0.05, 0) is 45.9 Å². The minimum absolute atomic E-state index is 0.285. The van der Waals surface area contributed by atoms with E-state index >= 15 is 0 Å². The Morgan fingerprint density at radius 2 is 1.86 bits per heavy atom. The van der Waals surface area contributed by atoms with Crippen LogP contribution in [-0.2, 0) is 4.74 Å². The second-order valence-corrected chi connectivity index (χ2v) is 10.8. The Morgan fingerprint density at radius 1 is 1.14 bits per heavy atom. The number of rotatable bonds is 3. The van der Waals surface area contributed by atoms with E-state index in [-0.39, 0.29) is 6.09 Å². The molecule has 10 heteroatoms. The topological polar surface area (TPSA) is 110 Å². The van der Waals surface area contributed by atoms with E-state index in [9.17, 15) is 15.2 Å². The predicted octanol–water partition coefficient (Wildman–Crippen LogP) is 2.90. The van der Waals surface area contributed by atoms with E-state index < -0.39 is 11.2 Å². The number of fused-ring (bicyclic) bond motifs is 1. The van der Waals surface area contributed by atoms with Crippen LogP contribution in [0.3, 0.4) is 0 Å². The van der Waals surface area contributed by atoms with Crippen molar-refractivity contribution >= 4 is 23.1 Å². The third-order valence-corrected chi connectivity index (χ3v) is 6.46. The summed E-state index contributed by atoms with van der Waals surface area (Å²) in [5.74, 6) is 0.836. The number of nitriles is 1. The van der Waals surface area contributed by atoms with Crippen LogP contribution in [0.25, 0.3) is 16.6 Å². The number of hydrogen-bond acceptors (Lipinski definition) is 8. The van der Waals surface area contributed by atoms with Gasteiger partial charge < -0.3 is 24.5 Å². The van der Waals surface area contributed by atoms with Crippen molar-refractivity contribution in [1.29, 1.82) is 5.26 Å². The number of carbonyl (C=O) groups is 1. The molecule has 0 aromatic carbocycles. The van der Waals surface area contributed by atoms with Crippen LogP contribution in [0.4, 0.5) is 16.3 Å². The Bertz CT molecular complexity index is 1320. The van der Waals surface area contributed by atoms with Crippen LogP contribution in [0.1, 0.15) is 33.3 Å². The second kappa shape index (κ2) is 8.68. The molecule has 1 N–H and O–H groups in total. The summed E-state index contributed by atoms with van der Waals surface area (Å²) in [4.78, 5) is 23.0. The maximum Gasteiger partial charge on any atom is 0.410 e. The van der Waals surface area contributed by atoms with E-state index in [0.29, 0.717) is 44.8 Å². The van der Waals surface area contributed by atoms with Gasteiger partial charge in [-0.25, -0.2) is 14.3 Å². The molecule has 5 heterocycles. The number of ether oxygens (including phenoxy) is 1. The van der Waals surface area contributed by atoms with Crippen molar-refractivity contribution in [1.82, 2.24) is 19.5 Å². The summed E-state index contributed by atoms with van der Waals surface area (Å²) in [6.45, 7) is 11.0. The van der Waals surface area contributed by atoms with Gasteiger partial charge in [-0.1, -0.05) is 0 Å². The summed E-state index contributed by atoms with van der Waals surface area (Å²) < 4.78 is 7.21. The molecule has 188 valence electrons. The lowest BCUT2D eigenvalue weighted by molar-refractivity contribution is 0.0239. The number of nitrogens with zero attached hydrogens (tertiary/aromatic N) is 7. The van der Waals surface area contributed by atoms with Gasteiger partial charge in [0.25, 0.3) is 0 Å². The zero-order valence-corrected chi connectivity index (χ0v) is 21.1. The summed E-state index contributed by atoms with van der Waals surface area (Å²) in [6, 6.07) is 8.24. The maximum absolute atomic E-state index is 12.4. The third-order valence-electron chi connectivity index (χ3n) is 6.46. The molecule has 3 aromatic heterocycles. The lowest BCUT2D eigenvalue weighted by atomic mass is 9.95. The van der Waals surface area contributed by atoms with Crippen molar-refractivity contribution in [2.75, 3.05) is 49.1 Å². The smallest absolute Gasteiger partial charge is 0.410 e. The van der Waals surface area contributed by atoms with Crippen molar-refractivity contribution in [2.45, 2.75) is 38.9 Å². The van der Waals surface area contributed by atoms with Crippen LogP contribution in [0.2, 0.25) is 0 Å². The van der Waals surface area contributed by atoms with Crippen LogP contribution in [-0.4, -0.2) is 81.2 Å². The number of aromatic nitrogens is 3. The fraction of sp³-hybridized carbons (Fsp3) is 0.462. The highest BCUT2D eigenvalue weighted by Crippen LogP contribution is 2.34. The summed E-state index contributed by atoms with van der Waals surface area (Å²) in [5.41, 5.74) is 2.68. The van der Waals surface area contributed by atoms with Gasteiger partial charge in [0.2, 0.25) is 0 Å². The molecule has 2 aliphatic rings. The predicted molar refractivity (Wildman–Crippen MR) is 136 cm³/mol. The first-order valence-electron chi connectivity index (χ1n) is 12.1. The highest BCUT2D eigenvalue weighted by Gasteiger charge is 2.37. The number of anilines is 2. The lowest BCUT2D eigenvalue weighted by Crippen LogP contribution is -2.60. The highest BCUT2D eigenvalue weighted by molar-refractivity contribution is 5.86. The van der Waals surface area contributed by atoms with E-state index in [1.54, 1.807) is 15.6 Å². The fourth-order valence-electron chi connectivity index (χ4n) is 4.72. The van der Waals surface area contributed by atoms with Crippen molar-refractivity contribution in [3.8, 4) is 17.2 Å². The number of pyridine rings is 2. The molecule has 3 aromatic rings. The molecule has 0 saturated carbocycles. The number of amides is 1. The molecule has 5 rings (SSSR count). The number of aliphatic hydroxyl groups is 1. The third kappa shape index (κ3) is 4.66. The lowest BCUT2D eigenvalue weighted by Gasteiger charge is -2.45. The van der Waals surface area contributed by atoms with E-state index in [0.717, 1.165) is 28.1 Å². The Hall–Kier alpha value is -3.84. The standard InChI is InChI=1S/C26H31N7O3/c1-25(2,3)36-24(34)31-9-7-30(8-10-31)22-6-5-18(13-28-22)21-11-20(32-16-26(4,35)17-32)15-33-23(21)19(12-27)14-29-33/h5-6,11,13-15,35H,7-10,16-17H2,1-4H3. The number of β-amino-alcohol motifs (C(OH)–C–C–N with tert-alkyl or cyclic N) is 1. The Kier molecular flexibility index (Phi) is 5.75. The minimum atomic E-state index is -0.701. The molecular weight excluding hydrogens is 458 g/mol. The van der Waals surface area contributed by atoms with Gasteiger partial charge in [0.05, 0.1) is 34.8 Å². The van der Waals surface area contributed by atoms with Gasteiger partial charge in [0.15, 0.2) is 0 Å². The van der Waals surface area contributed by atoms with Crippen LogP contribution in [0.15, 0.2) is 36.8 Å². The minimum Gasteiger partial charge on any atom is -0.444 e. The number of piperazine rings is 1. The average Bonchev–Trinajstić information content (AvgIpc) is 3.24. The molecule has 10 nitrogen and oxygen atoms in total. The van der Waals surface area contributed by atoms with Crippen molar-refractivity contribution in [2.24, 2.45) is 0 Å². The van der Waals surface area contributed by atoms with Gasteiger partial charge in [0, 0.05) is 56.6 Å². The molecule has 2 saturated heterocycles. The van der Waals surface area contributed by atoms with Crippen LogP contribution >= 0.6 is 0 Å². The van der Waals surface area contributed by atoms with E-state index in [4.69, 9.17) is 9.72 Å². The Balaban J connectivity index is 1.36. The molecule has 0 atom stereocenters. The monoisotopic (exact) mass is 489 g/mol. The first-order valence-corrected chi connectivity index (χ1v) is 12.1. The van der Waals surface area contributed by atoms with E-state index in [1.165, 1.54) is 0 Å². The van der Waals surface area contributed by atoms with Crippen LogP contribution in [0.5, 0.6) is 0 Å². The first kappa shape index (κ1) is 23.9. The average molecular weight is 490 g/mol. The summed E-state index contributed by atoms with van der Waals surface area (Å²) >= 11 is 0. The maximum atomic E-state index is 12.4. The zero-order chi connectivity index (χ0) is 25.7. The quantitative estimate of drug-likeness (QED) is 0.598. The second-order valence-electron chi connectivity index (χ2n) is 10.8. The molecule has 0 spiro atoms. The Labute approximate surface area is 210 Å².